The molecule has 2 aromatic rings. The van der Waals surface area contributed by atoms with Crippen molar-refractivity contribution in [3.05, 3.63) is 70.8 Å². The largest absolute Gasteiger partial charge is 0.352 e. The third kappa shape index (κ3) is 7.31. The Morgan fingerprint density at radius 2 is 1.41 bits per heavy atom. The second-order valence-corrected chi connectivity index (χ2v) is 8.14. The first-order chi connectivity index (χ1) is 14.3. The summed E-state index contributed by atoms with van der Waals surface area (Å²) in [5.41, 5.74) is 4.79. The van der Waals surface area contributed by atoms with Gasteiger partial charge < -0.3 is 9.47 Å². The van der Waals surface area contributed by atoms with Gasteiger partial charge in [-0.2, -0.15) is 5.26 Å². The van der Waals surface area contributed by atoms with E-state index in [4.69, 9.17) is 14.7 Å². The van der Waals surface area contributed by atoms with Gasteiger partial charge in [-0.3, -0.25) is 0 Å². The Labute approximate surface area is 175 Å². The summed E-state index contributed by atoms with van der Waals surface area (Å²) in [6, 6.07) is 19.1. The van der Waals surface area contributed by atoms with E-state index in [0.29, 0.717) is 11.5 Å². The van der Waals surface area contributed by atoms with Crippen molar-refractivity contribution in [3.8, 4) is 6.07 Å². The molecule has 29 heavy (non-hydrogen) atoms. The maximum atomic E-state index is 8.88. The number of unbranched alkanes of at least 4 members (excludes halogenated alkanes) is 2. The smallest absolute Gasteiger partial charge is 0.157 e. The number of ether oxygens (including phenoxy) is 2. The predicted octanol–water partition coefficient (Wildman–Crippen LogP) is 5.85. The zero-order chi connectivity index (χ0) is 20.3. The first kappa shape index (κ1) is 21.6. The van der Waals surface area contributed by atoms with Gasteiger partial charge in [0.1, 0.15) is 0 Å². The number of aryl methyl sites for hydroxylation is 2. The van der Waals surface area contributed by atoms with Crippen LogP contribution >= 0.6 is 0 Å². The van der Waals surface area contributed by atoms with Gasteiger partial charge in [0.25, 0.3) is 0 Å². The molecule has 0 bridgehead atoms. The number of rotatable bonds is 10. The lowest BCUT2D eigenvalue weighted by atomic mass is 9.99. The molecule has 0 aliphatic carbocycles. The molecule has 0 aromatic heterocycles. The standard InChI is InChI=1S/C26H33NO2/c1-2-3-4-6-21-9-11-22(12-10-21)7-5-8-26-28-19-25(20-29-26)17-23-13-15-24(18-27)16-14-23/h9-16,25-26H,2-8,17,19-20H2,1H3. The van der Waals surface area contributed by atoms with Gasteiger partial charge in [-0.25, -0.2) is 0 Å². The Hall–Kier alpha value is -2.15. The number of benzene rings is 2. The van der Waals surface area contributed by atoms with Crippen molar-refractivity contribution in [2.24, 2.45) is 5.92 Å². The number of hydrogen-bond donors (Lipinski definition) is 0. The molecule has 0 saturated carbocycles. The molecule has 0 N–H and O–H groups in total. The van der Waals surface area contributed by atoms with Crippen LogP contribution in [0.4, 0.5) is 0 Å². The van der Waals surface area contributed by atoms with Crippen LogP contribution in [0.15, 0.2) is 48.5 Å². The minimum absolute atomic E-state index is 0.0690. The van der Waals surface area contributed by atoms with Crippen LogP contribution in [-0.4, -0.2) is 19.5 Å². The monoisotopic (exact) mass is 391 g/mol. The fraction of sp³-hybridized carbons (Fsp3) is 0.500. The molecule has 1 saturated heterocycles. The zero-order valence-electron chi connectivity index (χ0n) is 17.6. The average molecular weight is 392 g/mol. The van der Waals surface area contributed by atoms with Crippen LogP contribution in [0.25, 0.3) is 0 Å². The van der Waals surface area contributed by atoms with Crippen molar-refractivity contribution in [2.75, 3.05) is 13.2 Å². The number of nitriles is 1. The molecule has 3 heteroatoms. The van der Waals surface area contributed by atoms with Crippen molar-refractivity contribution in [1.82, 2.24) is 0 Å². The highest BCUT2D eigenvalue weighted by molar-refractivity contribution is 5.31. The van der Waals surface area contributed by atoms with Crippen molar-refractivity contribution in [1.29, 1.82) is 5.26 Å². The minimum atomic E-state index is -0.0690. The van der Waals surface area contributed by atoms with Crippen LogP contribution in [-0.2, 0) is 28.7 Å². The van der Waals surface area contributed by atoms with Gasteiger partial charge in [0.2, 0.25) is 0 Å². The second kappa shape index (κ2) is 11.8. The summed E-state index contributed by atoms with van der Waals surface area (Å²) in [5.74, 6) is 0.388. The summed E-state index contributed by atoms with van der Waals surface area (Å²) < 4.78 is 11.9. The highest BCUT2D eigenvalue weighted by atomic mass is 16.7. The van der Waals surface area contributed by atoms with Gasteiger partial charge in [-0.1, -0.05) is 56.2 Å². The van der Waals surface area contributed by atoms with Crippen molar-refractivity contribution in [3.63, 3.8) is 0 Å². The Bertz CT molecular complexity index is 753. The molecule has 1 aliphatic rings. The second-order valence-electron chi connectivity index (χ2n) is 8.14. The summed E-state index contributed by atoms with van der Waals surface area (Å²) in [4.78, 5) is 0. The summed E-state index contributed by atoms with van der Waals surface area (Å²) in [6.07, 6.45) is 9.05. The molecule has 2 aromatic carbocycles. The van der Waals surface area contributed by atoms with E-state index < -0.39 is 0 Å². The maximum absolute atomic E-state index is 8.88. The van der Waals surface area contributed by atoms with Crippen molar-refractivity contribution >= 4 is 0 Å². The molecule has 0 spiro atoms. The molecule has 0 amide bonds. The molecule has 1 aliphatic heterocycles. The van der Waals surface area contributed by atoms with Crippen molar-refractivity contribution < 1.29 is 9.47 Å². The summed E-state index contributed by atoms with van der Waals surface area (Å²) in [5, 5.41) is 8.88. The molecule has 3 rings (SSSR count). The first-order valence-corrected chi connectivity index (χ1v) is 11.1. The van der Waals surface area contributed by atoms with Gasteiger partial charge in [-0.15, -0.1) is 0 Å². The maximum Gasteiger partial charge on any atom is 0.157 e. The lowest BCUT2D eigenvalue weighted by Gasteiger charge is -2.29. The normalized spacial score (nSPS) is 19.0. The summed E-state index contributed by atoms with van der Waals surface area (Å²) in [7, 11) is 0. The van der Waals surface area contributed by atoms with Gasteiger partial charge in [-0.05, 0) is 67.3 Å². The zero-order valence-corrected chi connectivity index (χ0v) is 17.6. The van der Waals surface area contributed by atoms with E-state index >= 15 is 0 Å². The Morgan fingerprint density at radius 3 is 2.00 bits per heavy atom. The van der Waals surface area contributed by atoms with Crippen LogP contribution in [0.1, 0.15) is 61.3 Å². The highest BCUT2D eigenvalue weighted by Crippen LogP contribution is 2.20. The van der Waals surface area contributed by atoms with Gasteiger partial charge in [0, 0.05) is 5.92 Å². The molecular formula is C26H33NO2. The van der Waals surface area contributed by atoms with E-state index in [2.05, 4.69) is 37.3 Å². The van der Waals surface area contributed by atoms with E-state index in [0.717, 1.165) is 38.9 Å². The fourth-order valence-electron chi connectivity index (χ4n) is 3.84. The molecule has 0 unspecified atom stereocenters. The Morgan fingerprint density at radius 1 is 0.828 bits per heavy atom. The summed E-state index contributed by atoms with van der Waals surface area (Å²) in [6.45, 7) is 3.74. The van der Waals surface area contributed by atoms with E-state index in [1.807, 2.05) is 24.3 Å². The van der Waals surface area contributed by atoms with Crippen LogP contribution in [0.2, 0.25) is 0 Å². The van der Waals surface area contributed by atoms with Crippen LogP contribution < -0.4 is 0 Å². The fourth-order valence-corrected chi connectivity index (χ4v) is 3.84. The Balaban J connectivity index is 1.32. The molecule has 1 fully saturated rings. The van der Waals surface area contributed by atoms with E-state index in [9.17, 15) is 0 Å². The third-order valence-electron chi connectivity index (χ3n) is 5.64. The molecule has 0 radical (unpaired) electrons. The quantitative estimate of drug-likeness (QED) is 0.477. The minimum Gasteiger partial charge on any atom is -0.352 e. The van der Waals surface area contributed by atoms with Crippen LogP contribution in [0.5, 0.6) is 0 Å². The lowest BCUT2D eigenvalue weighted by Crippen LogP contribution is -2.33. The third-order valence-corrected chi connectivity index (χ3v) is 5.64. The number of nitrogens with zero attached hydrogens (tertiary/aromatic N) is 1. The molecular weight excluding hydrogens is 358 g/mol. The first-order valence-electron chi connectivity index (χ1n) is 11.1. The van der Waals surface area contributed by atoms with E-state index in [1.165, 1.54) is 42.4 Å². The van der Waals surface area contributed by atoms with Crippen LogP contribution in [0.3, 0.4) is 0 Å². The molecule has 0 atom stereocenters. The number of hydrogen-bond acceptors (Lipinski definition) is 3. The van der Waals surface area contributed by atoms with Crippen molar-refractivity contribution in [2.45, 2.75) is 64.6 Å². The average Bonchev–Trinajstić information content (AvgIpc) is 2.77. The van der Waals surface area contributed by atoms with Crippen LogP contribution in [0, 0.1) is 17.2 Å². The van der Waals surface area contributed by atoms with Gasteiger partial charge in [0.05, 0.1) is 24.8 Å². The van der Waals surface area contributed by atoms with Gasteiger partial charge in [0.15, 0.2) is 6.29 Å². The predicted molar refractivity (Wildman–Crippen MR) is 117 cm³/mol. The van der Waals surface area contributed by atoms with Gasteiger partial charge >= 0.3 is 0 Å². The molecule has 3 nitrogen and oxygen atoms in total. The highest BCUT2D eigenvalue weighted by Gasteiger charge is 2.22. The Kier molecular flexibility index (Phi) is 8.74. The van der Waals surface area contributed by atoms with E-state index in [1.54, 1.807) is 0 Å². The summed E-state index contributed by atoms with van der Waals surface area (Å²) >= 11 is 0. The van der Waals surface area contributed by atoms with E-state index in [-0.39, 0.29) is 6.29 Å². The lowest BCUT2D eigenvalue weighted by molar-refractivity contribution is -0.202. The molecule has 1 heterocycles. The molecule has 154 valence electrons. The topological polar surface area (TPSA) is 42.2 Å². The SMILES string of the molecule is CCCCCc1ccc(CCCC2OCC(Cc3ccc(C#N)cc3)CO2)cc1.